The first-order chi connectivity index (χ1) is 12.6. The maximum absolute atomic E-state index is 12.5. The zero-order chi connectivity index (χ0) is 18.5. The second kappa shape index (κ2) is 7.86. The van der Waals surface area contributed by atoms with Gasteiger partial charge in [-0.15, -0.1) is 0 Å². The highest BCUT2D eigenvalue weighted by Gasteiger charge is 2.16. The molecular weight excluding hydrogens is 330 g/mol. The Labute approximate surface area is 152 Å². The number of aromatic nitrogens is 4. The highest BCUT2D eigenvalue weighted by atomic mass is 16.5. The van der Waals surface area contributed by atoms with E-state index in [2.05, 4.69) is 10.2 Å². The number of hydrogen-bond donors (Lipinski definition) is 0. The molecule has 0 fully saturated rings. The third kappa shape index (κ3) is 4.11. The van der Waals surface area contributed by atoms with Crippen LogP contribution in [0.1, 0.15) is 28.5 Å². The summed E-state index contributed by atoms with van der Waals surface area (Å²) >= 11 is 0. The van der Waals surface area contributed by atoms with E-state index in [-0.39, 0.29) is 12.6 Å². The molecule has 7 nitrogen and oxygen atoms in total. The van der Waals surface area contributed by atoms with E-state index in [0.717, 1.165) is 23.4 Å². The van der Waals surface area contributed by atoms with Crippen molar-refractivity contribution in [2.75, 3.05) is 7.05 Å². The van der Waals surface area contributed by atoms with E-state index in [4.69, 9.17) is 4.74 Å². The molecule has 0 saturated carbocycles. The van der Waals surface area contributed by atoms with E-state index < -0.39 is 0 Å². The van der Waals surface area contributed by atoms with Gasteiger partial charge in [-0.2, -0.15) is 10.2 Å². The summed E-state index contributed by atoms with van der Waals surface area (Å²) in [4.78, 5) is 14.2. The van der Waals surface area contributed by atoms with Crippen LogP contribution in [0, 0.1) is 6.92 Å². The number of hydrogen-bond acceptors (Lipinski definition) is 4. The maximum atomic E-state index is 12.5. The van der Waals surface area contributed by atoms with Crippen LogP contribution >= 0.6 is 0 Å². The molecular formula is C19H23N5O2. The number of nitrogens with zero attached hydrogens (tertiary/aromatic N) is 5. The molecule has 0 bridgehead atoms. The van der Waals surface area contributed by atoms with Crippen molar-refractivity contribution in [2.45, 2.75) is 33.7 Å². The van der Waals surface area contributed by atoms with Crippen LogP contribution in [0.5, 0.6) is 5.75 Å². The third-order valence-electron chi connectivity index (χ3n) is 4.08. The van der Waals surface area contributed by atoms with Gasteiger partial charge in [-0.05, 0) is 31.5 Å². The molecule has 0 unspecified atom stereocenters. The zero-order valence-electron chi connectivity index (χ0n) is 15.3. The smallest absolute Gasteiger partial charge is 0.274 e. The third-order valence-corrected chi connectivity index (χ3v) is 4.08. The molecule has 3 rings (SSSR count). The van der Waals surface area contributed by atoms with Crippen molar-refractivity contribution in [1.82, 2.24) is 24.5 Å². The van der Waals surface area contributed by atoms with Gasteiger partial charge in [0.25, 0.3) is 5.91 Å². The molecule has 1 amide bonds. The van der Waals surface area contributed by atoms with Crippen molar-refractivity contribution in [3.8, 4) is 5.75 Å². The van der Waals surface area contributed by atoms with E-state index in [1.54, 1.807) is 35.1 Å². The number of amides is 1. The van der Waals surface area contributed by atoms with Gasteiger partial charge < -0.3 is 9.64 Å². The molecule has 1 aromatic carbocycles. The molecule has 0 atom stereocenters. The lowest BCUT2D eigenvalue weighted by Gasteiger charge is -2.14. The van der Waals surface area contributed by atoms with Crippen LogP contribution in [0.4, 0.5) is 0 Å². The Morgan fingerprint density at radius 2 is 2.04 bits per heavy atom. The fraction of sp³-hybridized carbons (Fsp3) is 0.316. The van der Waals surface area contributed by atoms with Crippen LogP contribution in [0.25, 0.3) is 0 Å². The molecule has 0 saturated heterocycles. The number of ether oxygens (including phenoxy) is 1. The zero-order valence-corrected chi connectivity index (χ0v) is 15.3. The first-order valence-electron chi connectivity index (χ1n) is 8.55. The number of carbonyl (C=O) groups excluding carboxylic acids is 1. The van der Waals surface area contributed by atoms with E-state index in [9.17, 15) is 4.79 Å². The van der Waals surface area contributed by atoms with Gasteiger partial charge >= 0.3 is 0 Å². The number of aryl methyl sites for hydroxylation is 2. The molecule has 2 heterocycles. The van der Waals surface area contributed by atoms with Gasteiger partial charge in [-0.25, -0.2) is 4.68 Å². The van der Waals surface area contributed by atoms with E-state index >= 15 is 0 Å². The molecule has 26 heavy (non-hydrogen) atoms. The van der Waals surface area contributed by atoms with Crippen molar-refractivity contribution >= 4 is 5.91 Å². The van der Waals surface area contributed by atoms with Crippen LogP contribution in [0.3, 0.4) is 0 Å². The normalized spacial score (nSPS) is 10.7. The molecule has 0 spiro atoms. The van der Waals surface area contributed by atoms with Crippen LogP contribution in [0.15, 0.2) is 48.9 Å². The average Bonchev–Trinajstić information content (AvgIpc) is 3.29. The molecule has 0 aliphatic heterocycles. The first-order valence-corrected chi connectivity index (χ1v) is 8.55. The number of benzene rings is 1. The minimum atomic E-state index is -0.135. The van der Waals surface area contributed by atoms with Crippen molar-refractivity contribution in [1.29, 1.82) is 0 Å². The van der Waals surface area contributed by atoms with Crippen LogP contribution in [-0.4, -0.2) is 37.4 Å². The van der Waals surface area contributed by atoms with E-state index in [1.165, 1.54) is 0 Å². The van der Waals surface area contributed by atoms with Crippen LogP contribution in [0.2, 0.25) is 0 Å². The number of para-hydroxylation sites is 1. The molecule has 0 radical (unpaired) electrons. The molecule has 0 N–H and O–H groups in total. The molecule has 0 aliphatic carbocycles. The largest absolute Gasteiger partial charge is 0.471 e. The van der Waals surface area contributed by atoms with Gasteiger partial charge in [0.15, 0.2) is 12.4 Å². The summed E-state index contributed by atoms with van der Waals surface area (Å²) in [6.45, 7) is 5.57. The molecule has 3 aromatic rings. The first kappa shape index (κ1) is 17.7. The minimum Gasteiger partial charge on any atom is -0.471 e. The maximum Gasteiger partial charge on any atom is 0.274 e. The molecule has 2 aromatic heterocycles. The van der Waals surface area contributed by atoms with Crippen LogP contribution < -0.4 is 4.74 Å². The standard InChI is InChI=1S/C19H23N5O2/c1-4-23-13-16(11-20-23)12-22(3)19(25)17-9-10-24(21-17)14-26-18-8-6-5-7-15(18)2/h5-11,13H,4,12,14H2,1-3H3. The highest BCUT2D eigenvalue weighted by molar-refractivity contribution is 5.91. The van der Waals surface area contributed by atoms with E-state index in [0.29, 0.717) is 12.2 Å². The number of carbonyl (C=O) groups is 1. The molecule has 7 heteroatoms. The SMILES string of the molecule is CCn1cc(CN(C)C(=O)c2ccn(COc3ccccc3C)n2)cn1. The van der Waals surface area contributed by atoms with Gasteiger partial charge in [-0.3, -0.25) is 9.48 Å². The van der Waals surface area contributed by atoms with Gasteiger partial charge in [0.05, 0.1) is 6.20 Å². The Bertz CT molecular complexity index is 883. The summed E-state index contributed by atoms with van der Waals surface area (Å²) in [5.74, 6) is 0.671. The molecule has 136 valence electrons. The summed E-state index contributed by atoms with van der Waals surface area (Å²) in [7, 11) is 1.76. The number of rotatable bonds is 7. The summed E-state index contributed by atoms with van der Waals surface area (Å²) in [5.41, 5.74) is 2.44. The van der Waals surface area contributed by atoms with Crippen molar-refractivity contribution in [3.63, 3.8) is 0 Å². The van der Waals surface area contributed by atoms with Gasteiger partial charge in [0.2, 0.25) is 0 Å². The highest BCUT2D eigenvalue weighted by Crippen LogP contribution is 2.16. The molecule has 0 aliphatic rings. The second-order valence-electron chi connectivity index (χ2n) is 6.14. The topological polar surface area (TPSA) is 65.2 Å². The Balaban J connectivity index is 1.59. The second-order valence-corrected chi connectivity index (χ2v) is 6.14. The van der Waals surface area contributed by atoms with Crippen molar-refractivity contribution in [3.05, 3.63) is 65.7 Å². The lowest BCUT2D eigenvalue weighted by Crippen LogP contribution is -2.26. The fourth-order valence-corrected chi connectivity index (χ4v) is 2.60. The van der Waals surface area contributed by atoms with Gasteiger partial charge in [-0.1, -0.05) is 18.2 Å². The van der Waals surface area contributed by atoms with Crippen molar-refractivity contribution in [2.24, 2.45) is 0 Å². The predicted octanol–water partition coefficient (Wildman–Crippen LogP) is 2.72. The Hall–Kier alpha value is -3.09. The van der Waals surface area contributed by atoms with Crippen LogP contribution in [-0.2, 0) is 19.8 Å². The van der Waals surface area contributed by atoms with E-state index in [1.807, 2.05) is 49.0 Å². The quantitative estimate of drug-likeness (QED) is 0.655. The Kier molecular flexibility index (Phi) is 5.36. The Morgan fingerprint density at radius 3 is 2.77 bits per heavy atom. The predicted molar refractivity (Wildman–Crippen MR) is 97.7 cm³/mol. The summed E-state index contributed by atoms with van der Waals surface area (Å²) < 4.78 is 9.20. The summed E-state index contributed by atoms with van der Waals surface area (Å²) in [5, 5.41) is 8.55. The summed E-state index contributed by atoms with van der Waals surface area (Å²) in [6.07, 6.45) is 5.47. The van der Waals surface area contributed by atoms with Gasteiger partial charge in [0, 0.05) is 38.1 Å². The fourth-order valence-electron chi connectivity index (χ4n) is 2.60. The lowest BCUT2D eigenvalue weighted by molar-refractivity contribution is 0.0777. The van der Waals surface area contributed by atoms with Gasteiger partial charge in [0.1, 0.15) is 5.75 Å². The Morgan fingerprint density at radius 1 is 1.23 bits per heavy atom. The average molecular weight is 353 g/mol. The van der Waals surface area contributed by atoms with Crippen molar-refractivity contribution < 1.29 is 9.53 Å². The monoisotopic (exact) mass is 353 g/mol. The minimum absolute atomic E-state index is 0.135. The lowest BCUT2D eigenvalue weighted by atomic mass is 10.2. The summed E-state index contributed by atoms with van der Waals surface area (Å²) in [6, 6.07) is 9.50.